The molecule has 1 rings (SSSR count). The third kappa shape index (κ3) is 11.5. The first kappa shape index (κ1) is 31.7. The number of amides is 3. The normalized spacial score (nSPS) is 14.2. The summed E-state index contributed by atoms with van der Waals surface area (Å²) in [5.74, 6) is -4.42. The molecule has 0 saturated carbocycles. The average Bonchev–Trinajstić information content (AvgIpc) is 2.83. The second-order valence-corrected chi connectivity index (χ2v) is 9.86. The second-order valence-electron chi connectivity index (χ2n) is 8.88. The van der Waals surface area contributed by atoms with E-state index >= 15 is 0 Å². The van der Waals surface area contributed by atoms with Crippen LogP contribution in [0.3, 0.4) is 0 Å². The van der Waals surface area contributed by atoms with E-state index in [-0.39, 0.29) is 30.9 Å². The van der Waals surface area contributed by atoms with Crippen molar-refractivity contribution >= 4 is 41.4 Å². The predicted molar refractivity (Wildman–Crippen MR) is 138 cm³/mol. The first-order valence-corrected chi connectivity index (χ1v) is 13.1. The summed E-state index contributed by atoms with van der Waals surface area (Å²) in [6, 6.07) is 1.19. The summed E-state index contributed by atoms with van der Waals surface area (Å²) in [6.07, 6.45) is 1.21. The lowest BCUT2D eigenvalue weighted by atomic mass is 10.0. The topological polar surface area (TPSA) is 208 Å². The molecule has 0 bridgehead atoms. The van der Waals surface area contributed by atoms with E-state index < -0.39 is 60.2 Å². The van der Waals surface area contributed by atoms with Gasteiger partial charge in [0.25, 0.3) is 0 Å². The summed E-state index contributed by atoms with van der Waals surface area (Å²) >= 11 is 1.41. The molecular weight excluding hydrogens is 504 g/mol. The molecule has 1 aromatic rings. The molecule has 1 aromatic carbocycles. The fourth-order valence-corrected chi connectivity index (χ4v) is 3.69. The van der Waals surface area contributed by atoms with Gasteiger partial charge in [0.2, 0.25) is 17.7 Å². The van der Waals surface area contributed by atoms with Crippen LogP contribution in [0.25, 0.3) is 0 Å². The zero-order valence-electron chi connectivity index (χ0n) is 21.1. The van der Waals surface area contributed by atoms with Gasteiger partial charge in [0.15, 0.2) is 0 Å². The third-order valence-electron chi connectivity index (χ3n) is 5.54. The number of carbonyl (C=O) groups excluding carboxylic acids is 3. The molecule has 0 spiro atoms. The maximum atomic E-state index is 13.1. The number of hydrogen-bond donors (Lipinski definition) is 7. The van der Waals surface area contributed by atoms with E-state index in [1.165, 1.54) is 36.0 Å². The molecule has 0 heterocycles. The first-order valence-electron chi connectivity index (χ1n) is 11.7. The van der Waals surface area contributed by atoms with Gasteiger partial charge in [-0.1, -0.05) is 26.0 Å². The Hall–Kier alpha value is -3.32. The fourth-order valence-electron chi connectivity index (χ4n) is 3.22. The lowest BCUT2D eigenvalue weighted by molar-refractivity contribution is -0.142. The molecule has 0 aliphatic rings. The monoisotopic (exact) mass is 540 g/mol. The van der Waals surface area contributed by atoms with E-state index in [0.29, 0.717) is 11.3 Å². The van der Waals surface area contributed by atoms with Crippen molar-refractivity contribution in [1.82, 2.24) is 16.0 Å². The molecule has 206 valence electrons. The number of phenols is 1. The quantitative estimate of drug-likeness (QED) is 0.150. The number of aliphatic carboxylic acids is 2. The van der Waals surface area contributed by atoms with Crippen LogP contribution in [-0.4, -0.2) is 81.2 Å². The van der Waals surface area contributed by atoms with Crippen molar-refractivity contribution < 1.29 is 39.3 Å². The predicted octanol–water partition coefficient (Wildman–Crippen LogP) is 0.0749. The van der Waals surface area contributed by atoms with Gasteiger partial charge in [-0.05, 0) is 48.5 Å². The van der Waals surface area contributed by atoms with Crippen LogP contribution in [0.5, 0.6) is 5.75 Å². The minimum absolute atomic E-state index is 0.00488. The number of nitrogens with one attached hydrogen (secondary N) is 3. The minimum Gasteiger partial charge on any atom is -0.508 e. The van der Waals surface area contributed by atoms with Gasteiger partial charge in [-0.25, -0.2) is 4.79 Å². The highest BCUT2D eigenvalue weighted by Crippen LogP contribution is 2.13. The van der Waals surface area contributed by atoms with Crippen LogP contribution in [0.4, 0.5) is 0 Å². The van der Waals surface area contributed by atoms with E-state index in [0.717, 1.165) is 0 Å². The van der Waals surface area contributed by atoms with Crippen LogP contribution in [0.2, 0.25) is 0 Å². The van der Waals surface area contributed by atoms with Crippen LogP contribution < -0.4 is 21.7 Å². The van der Waals surface area contributed by atoms with Crippen molar-refractivity contribution in [1.29, 1.82) is 0 Å². The minimum atomic E-state index is -1.30. The number of thioether (sulfide) groups is 1. The number of hydrogen-bond acceptors (Lipinski definition) is 8. The summed E-state index contributed by atoms with van der Waals surface area (Å²) in [5.41, 5.74) is 6.41. The fraction of sp³-hybridized carbons (Fsp3) is 0.542. The van der Waals surface area contributed by atoms with Crippen molar-refractivity contribution in [2.75, 3.05) is 12.0 Å². The summed E-state index contributed by atoms with van der Waals surface area (Å²) in [7, 11) is 0. The van der Waals surface area contributed by atoms with Crippen LogP contribution >= 0.6 is 11.8 Å². The van der Waals surface area contributed by atoms with Gasteiger partial charge in [0, 0.05) is 12.8 Å². The Morgan fingerprint density at radius 2 is 1.41 bits per heavy atom. The molecule has 0 aromatic heterocycles. The van der Waals surface area contributed by atoms with Gasteiger partial charge in [0.1, 0.15) is 23.9 Å². The SMILES string of the molecule is CSCCC(NC(=O)C(Cc1ccc(O)cc1)NC(=O)C(CCC(=O)O)NC(=O)C(N)C(C)C)C(=O)O. The van der Waals surface area contributed by atoms with Crippen LogP contribution in [0.1, 0.15) is 38.7 Å². The van der Waals surface area contributed by atoms with Crippen LogP contribution in [0.15, 0.2) is 24.3 Å². The van der Waals surface area contributed by atoms with E-state index in [9.17, 15) is 34.2 Å². The average molecular weight is 541 g/mol. The zero-order valence-corrected chi connectivity index (χ0v) is 21.9. The molecule has 0 fully saturated rings. The number of carbonyl (C=O) groups is 5. The van der Waals surface area contributed by atoms with Crippen molar-refractivity contribution in [2.24, 2.45) is 11.7 Å². The Morgan fingerprint density at radius 1 is 0.865 bits per heavy atom. The zero-order chi connectivity index (χ0) is 28.1. The van der Waals surface area contributed by atoms with Gasteiger partial charge in [-0.3, -0.25) is 19.2 Å². The number of rotatable bonds is 16. The van der Waals surface area contributed by atoms with E-state index in [1.807, 2.05) is 0 Å². The lowest BCUT2D eigenvalue weighted by Gasteiger charge is -2.25. The summed E-state index contributed by atoms with van der Waals surface area (Å²) in [5, 5.41) is 35.5. The third-order valence-corrected chi connectivity index (χ3v) is 6.18. The molecule has 13 heteroatoms. The van der Waals surface area contributed by atoms with Crippen molar-refractivity contribution in [2.45, 2.75) is 63.7 Å². The molecule has 0 aliphatic carbocycles. The van der Waals surface area contributed by atoms with Gasteiger partial charge in [0.05, 0.1) is 6.04 Å². The molecule has 0 saturated heterocycles. The van der Waals surface area contributed by atoms with Crippen LogP contribution in [-0.2, 0) is 30.4 Å². The smallest absolute Gasteiger partial charge is 0.326 e. The Bertz CT molecular complexity index is 941. The maximum absolute atomic E-state index is 13.1. The van der Waals surface area contributed by atoms with Crippen molar-refractivity contribution in [3.63, 3.8) is 0 Å². The molecule has 0 aliphatic heterocycles. The highest BCUT2D eigenvalue weighted by atomic mass is 32.2. The molecule has 4 atom stereocenters. The number of benzene rings is 1. The second kappa shape index (κ2) is 15.7. The van der Waals surface area contributed by atoms with Gasteiger partial charge in [-0.2, -0.15) is 11.8 Å². The largest absolute Gasteiger partial charge is 0.508 e. The Labute approximate surface area is 219 Å². The summed E-state index contributed by atoms with van der Waals surface area (Å²) in [4.78, 5) is 61.4. The highest BCUT2D eigenvalue weighted by molar-refractivity contribution is 7.98. The summed E-state index contributed by atoms with van der Waals surface area (Å²) < 4.78 is 0. The maximum Gasteiger partial charge on any atom is 0.326 e. The number of phenolic OH excluding ortho intramolecular Hbond substituents is 1. The molecule has 8 N–H and O–H groups in total. The molecular formula is C24H36N4O8S. The molecule has 4 unspecified atom stereocenters. The Balaban J connectivity index is 3.17. The van der Waals surface area contributed by atoms with Crippen LogP contribution in [0, 0.1) is 5.92 Å². The highest BCUT2D eigenvalue weighted by Gasteiger charge is 2.31. The standard InChI is InChI=1S/C24H36N4O8S/c1-13(2)20(25)23(34)26-16(8-9-19(30)31)21(32)28-18(12-14-4-6-15(29)7-5-14)22(33)27-17(24(35)36)10-11-37-3/h4-7,13,16-18,20,29H,8-12,25H2,1-3H3,(H,26,34)(H,27,33)(H,28,32)(H,30,31)(H,35,36). The Kier molecular flexibility index (Phi) is 13.5. The lowest BCUT2D eigenvalue weighted by Crippen LogP contribution is -2.58. The van der Waals surface area contributed by atoms with Crippen molar-refractivity contribution in [3.8, 4) is 5.75 Å². The number of aromatic hydroxyl groups is 1. The number of nitrogens with two attached hydrogens (primary N) is 1. The molecule has 0 radical (unpaired) electrons. The number of carboxylic acid groups (broad SMARTS) is 2. The van der Waals surface area contributed by atoms with E-state index in [1.54, 1.807) is 20.1 Å². The van der Waals surface area contributed by atoms with Gasteiger partial charge < -0.3 is 37.0 Å². The van der Waals surface area contributed by atoms with E-state index in [4.69, 9.17) is 10.8 Å². The Morgan fingerprint density at radius 3 is 1.92 bits per heavy atom. The van der Waals surface area contributed by atoms with E-state index in [2.05, 4.69) is 16.0 Å². The molecule has 37 heavy (non-hydrogen) atoms. The summed E-state index contributed by atoms with van der Waals surface area (Å²) in [6.45, 7) is 3.43. The van der Waals surface area contributed by atoms with Gasteiger partial charge >= 0.3 is 11.9 Å². The molecule has 3 amide bonds. The van der Waals surface area contributed by atoms with Gasteiger partial charge in [-0.15, -0.1) is 0 Å². The number of carboxylic acids is 2. The van der Waals surface area contributed by atoms with Crippen molar-refractivity contribution in [3.05, 3.63) is 29.8 Å². The first-order chi connectivity index (χ1) is 17.3. The molecule has 12 nitrogen and oxygen atoms in total.